The van der Waals surface area contributed by atoms with Crippen molar-refractivity contribution < 1.29 is 4.74 Å². The molecule has 1 aromatic rings. The molecule has 0 aliphatic heterocycles. The Morgan fingerprint density at radius 3 is 2.56 bits per heavy atom. The molecule has 0 unspecified atom stereocenters. The molecule has 0 bridgehead atoms. The van der Waals surface area contributed by atoms with Gasteiger partial charge in [0.15, 0.2) is 0 Å². The van der Waals surface area contributed by atoms with E-state index in [1.807, 2.05) is 19.9 Å². The fraction of sp³-hybridized carbons (Fsp3) is 0.600. The predicted molar refractivity (Wildman–Crippen MR) is 72.6 cm³/mol. The second-order valence-corrected chi connectivity index (χ2v) is 5.89. The molecule has 0 aliphatic rings. The maximum Gasteiger partial charge on any atom is 0.232 e. The highest BCUT2D eigenvalue weighted by molar-refractivity contribution is 5.45. The summed E-state index contributed by atoms with van der Waals surface area (Å²) >= 11 is 0. The van der Waals surface area contributed by atoms with Crippen LogP contribution in [0, 0.1) is 30.6 Å². The molecule has 98 valence electrons. The fourth-order valence-corrected chi connectivity index (χ4v) is 1.81. The van der Waals surface area contributed by atoms with Crippen LogP contribution in [0.4, 0.5) is 0 Å². The average Bonchev–Trinajstić information content (AvgIpc) is 2.22. The summed E-state index contributed by atoms with van der Waals surface area (Å²) in [6.07, 6.45) is 2.07. The van der Waals surface area contributed by atoms with E-state index in [4.69, 9.17) is 10.00 Å². The molecule has 1 rings (SSSR count). The highest BCUT2D eigenvalue weighted by atomic mass is 16.5. The van der Waals surface area contributed by atoms with E-state index in [0.29, 0.717) is 23.5 Å². The molecule has 18 heavy (non-hydrogen) atoms. The maximum absolute atomic E-state index is 9.11. The number of hydrogen-bond acceptors (Lipinski definition) is 3. The molecule has 0 aliphatic carbocycles. The summed E-state index contributed by atoms with van der Waals surface area (Å²) in [5.74, 6) is 0.476. The Balaban J connectivity index is 2.65. The molecular formula is C15H22N2O. The number of ether oxygens (including phenoxy) is 1. The lowest BCUT2D eigenvalue weighted by Gasteiger charge is -2.18. The third-order valence-electron chi connectivity index (χ3n) is 2.73. The summed E-state index contributed by atoms with van der Waals surface area (Å²) in [4.78, 5) is 4.29. The molecule has 0 radical (unpaired) electrons. The van der Waals surface area contributed by atoms with Gasteiger partial charge >= 0.3 is 0 Å². The van der Waals surface area contributed by atoms with E-state index in [1.165, 1.54) is 0 Å². The topological polar surface area (TPSA) is 45.9 Å². The van der Waals surface area contributed by atoms with Crippen LogP contribution in [0.15, 0.2) is 6.07 Å². The Morgan fingerprint density at radius 1 is 1.33 bits per heavy atom. The second kappa shape index (κ2) is 5.86. The molecule has 0 saturated heterocycles. The minimum atomic E-state index is 0.317. The molecule has 0 fully saturated rings. The smallest absolute Gasteiger partial charge is 0.232 e. The van der Waals surface area contributed by atoms with Gasteiger partial charge in [0.25, 0.3) is 0 Å². The van der Waals surface area contributed by atoms with Gasteiger partial charge in [-0.05, 0) is 43.7 Å². The number of aryl methyl sites for hydroxylation is 2. The van der Waals surface area contributed by atoms with Gasteiger partial charge in [-0.25, -0.2) is 4.98 Å². The molecule has 0 aromatic carbocycles. The van der Waals surface area contributed by atoms with Gasteiger partial charge in [0.1, 0.15) is 11.6 Å². The van der Waals surface area contributed by atoms with Crippen molar-refractivity contribution in [3.8, 4) is 11.9 Å². The van der Waals surface area contributed by atoms with Crippen molar-refractivity contribution in [3.63, 3.8) is 0 Å². The van der Waals surface area contributed by atoms with Crippen molar-refractivity contribution in [2.75, 3.05) is 6.61 Å². The van der Waals surface area contributed by atoms with E-state index in [9.17, 15) is 0 Å². The van der Waals surface area contributed by atoms with Crippen LogP contribution in [0.3, 0.4) is 0 Å². The van der Waals surface area contributed by atoms with Crippen LogP contribution in [0.25, 0.3) is 0 Å². The van der Waals surface area contributed by atoms with Crippen molar-refractivity contribution in [1.82, 2.24) is 4.98 Å². The summed E-state index contributed by atoms with van der Waals surface area (Å²) in [7, 11) is 0. The molecule has 3 heteroatoms. The number of hydrogen-bond donors (Lipinski definition) is 0. The van der Waals surface area contributed by atoms with E-state index in [1.54, 1.807) is 0 Å². The van der Waals surface area contributed by atoms with Crippen LogP contribution in [-0.4, -0.2) is 11.6 Å². The van der Waals surface area contributed by atoms with E-state index in [2.05, 4.69) is 31.8 Å². The van der Waals surface area contributed by atoms with E-state index < -0.39 is 0 Å². The molecule has 1 heterocycles. The third-order valence-corrected chi connectivity index (χ3v) is 2.73. The van der Waals surface area contributed by atoms with Gasteiger partial charge in [-0.1, -0.05) is 20.8 Å². The normalized spacial score (nSPS) is 11.1. The van der Waals surface area contributed by atoms with Crippen molar-refractivity contribution in [2.24, 2.45) is 5.41 Å². The summed E-state index contributed by atoms with van der Waals surface area (Å²) in [5, 5.41) is 9.11. The number of nitriles is 1. The number of aromatic nitrogens is 1. The zero-order valence-corrected chi connectivity index (χ0v) is 12.0. The van der Waals surface area contributed by atoms with Crippen molar-refractivity contribution in [2.45, 2.75) is 47.5 Å². The van der Waals surface area contributed by atoms with Crippen molar-refractivity contribution in [1.29, 1.82) is 5.26 Å². The lowest BCUT2D eigenvalue weighted by molar-refractivity contribution is 0.261. The first kappa shape index (κ1) is 14.5. The van der Waals surface area contributed by atoms with Crippen molar-refractivity contribution in [3.05, 3.63) is 22.9 Å². The standard InChI is InChI=1S/C15H22N2O/c1-11-9-12(2)17-14(13(11)10-16)18-8-6-7-15(3,4)5/h9H,6-8H2,1-5H3. The Bertz CT molecular complexity index is 453. The highest BCUT2D eigenvalue weighted by Crippen LogP contribution is 2.22. The summed E-state index contributed by atoms with van der Waals surface area (Å²) in [5.41, 5.74) is 2.68. The third kappa shape index (κ3) is 4.37. The van der Waals surface area contributed by atoms with Gasteiger partial charge in [0.2, 0.25) is 5.88 Å². The largest absolute Gasteiger partial charge is 0.477 e. The molecule has 0 N–H and O–H groups in total. The van der Waals surface area contributed by atoms with Gasteiger partial charge in [-0.3, -0.25) is 0 Å². The summed E-state index contributed by atoms with van der Waals surface area (Å²) in [6.45, 7) is 11.1. The lowest BCUT2D eigenvalue weighted by atomic mass is 9.91. The van der Waals surface area contributed by atoms with Crippen molar-refractivity contribution >= 4 is 0 Å². The van der Waals surface area contributed by atoms with Gasteiger partial charge in [-0.2, -0.15) is 5.26 Å². The SMILES string of the molecule is Cc1cc(C)c(C#N)c(OCCCC(C)(C)C)n1. The second-order valence-electron chi connectivity index (χ2n) is 5.89. The first-order valence-corrected chi connectivity index (χ1v) is 6.34. The van der Waals surface area contributed by atoms with Gasteiger partial charge < -0.3 is 4.74 Å². The molecule has 0 atom stereocenters. The van der Waals surface area contributed by atoms with Crippen LogP contribution in [0.2, 0.25) is 0 Å². The van der Waals surface area contributed by atoms with Crippen LogP contribution < -0.4 is 4.74 Å². The lowest BCUT2D eigenvalue weighted by Crippen LogP contribution is -2.09. The van der Waals surface area contributed by atoms with Crippen LogP contribution >= 0.6 is 0 Å². The zero-order chi connectivity index (χ0) is 13.8. The van der Waals surface area contributed by atoms with E-state index in [-0.39, 0.29) is 0 Å². The quantitative estimate of drug-likeness (QED) is 0.759. The summed E-state index contributed by atoms with van der Waals surface area (Å²) < 4.78 is 5.65. The monoisotopic (exact) mass is 246 g/mol. The number of pyridine rings is 1. The Morgan fingerprint density at radius 2 is 2.00 bits per heavy atom. The summed E-state index contributed by atoms with van der Waals surface area (Å²) in [6, 6.07) is 4.06. The average molecular weight is 246 g/mol. The Labute approximate surface area is 110 Å². The first-order valence-electron chi connectivity index (χ1n) is 6.34. The molecule has 0 spiro atoms. The molecule has 0 amide bonds. The minimum absolute atomic E-state index is 0.317. The molecular weight excluding hydrogens is 224 g/mol. The van der Waals surface area contributed by atoms with Crippen LogP contribution in [0.1, 0.15) is 50.4 Å². The highest BCUT2D eigenvalue weighted by Gasteiger charge is 2.12. The predicted octanol–water partition coefficient (Wildman–Crippen LogP) is 3.78. The fourth-order valence-electron chi connectivity index (χ4n) is 1.81. The van der Waals surface area contributed by atoms with Crippen LogP contribution in [0.5, 0.6) is 5.88 Å². The Hall–Kier alpha value is -1.56. The van der Waals surface area contributed by atoms with Crippen LogP contribution in [-0.2, 0) is 0 Å². The first-order chi connectivity index (χ1) is 8.33. The molecule has 1 aromatic heterocycles. The molecule has 0 saturated carbocycles. The Kier molecular flexibility index (Phi) is 4.72. The van der Waals surface area contributed by atoms with E-state index >= 15 is 0 Å². The number of rotatable bonds is 4. The zero-order valence-electron chi connectivity index (χ0n) is 12.0. The van der Waals surface area contributed by atoms with Gasteiger partial charge in [-0.15, -0.1) is 0 Å². The van der Waals surface area contributed by atoms with E-state index in [0.717, 1.165) is 24.1 Å². The maximum atomic E-state index is 9.11. The molecule has 3 nitrogen and oxygen atoms in total. The minimum Gasteiger partial charge on any atom is -0.477 e. The van der Waals surface area contributed by atoms with Gasteiger partial charge in [0, 0.05) is 5.69 Å². The van der Waals surface area contributed by atoms with Gasteiger partial charge in [0.05, 0.1) is 6.61 Å². The number of nitrogens with zero attached hydrogens (tertiary/aromatic N) is 2.